The van der Waals surface area contributed by atoms with Crippen LogP contribution in [-0.4, -0.2) is 32.3 Å². The number of carbonyl (C=O) groups excluding carboxylic acids is 1. The van der Waals surface area contributed by atoms with E-state index < -0.39 is 0 Å². The summed E-state index contributed by atoms with van der Waals surface area (Å²) in [7, 11) is 0. The topological polar surface area (TPSA) is 85.0 Å². The monoisotopic (exact) mass is 391 g/mol. The highest BCUT2D eigenvalue weighted by atomic mass is 19.1. The zero-order chi connectivity index (χ0) is 20.2. The Bertz CT molecular complexity index is 1010. The second kappa shape index (κ2) is 8.34. The number of piperidine rings is 1. The van der Waals surface area contributed by atoms with Crippen molar-refractivity contribution in [3.8, 4) is 11.1 Å². The van der Waals surface area contributed by atoms with Gasteiger partial charge in [0, 0.05) is 35.8 Å². The molecule has 2 N–H and O–H groups in total. The van der Waals surface area contributed by atoms with Crippen molar-refractivity contribution in [3.63, 3.8) is 0 Å². The molecule has 7 heteroatoms. The van der Waals surface area contributed by atoms with Crippen molar-refractivity contribution < 1.29 is 9.18 Å². The molecule has 0 unspecified atom stereocenters. The highest BCUT2D eigenvalue weighted by molar-refractivity contribution is 5.79. The zero-order valence-electron chi connectivity index (χ0n) is 16.0. The summed E-state index contributed by atoms with van der Waals surface area (Å²) >= 11 is 0. The molecule has 1 atom stereocenters. The molecule has 0 bridgehead atoms. The average molecular weight is 391 g/mol. The minimum Gasteiger partial charge on any atom is -0.368 e. The molecule has 29 heavy (non-hydrogen) atoms. The summed E-state index contributed by atoms with van der Waals surface area (Å²) in [6.07, 6.45) is 6.06. The molecular weight excluding hydrogens is 369 g/mol. The zero-order valence-corrected chi connectivity index (χ0v) is 16.0. The molecule has 0 spiro atoms. The maximum absolute atomic E-state index is 14.5. The number of nitrogen functional groups attached to an aromatic ring is 1. The van der Waals surface area contributed by atoms with Crippen LogP contribution in [0.2, 0.25) is 0 Å². The molecule has 3 aromatic rings. The van der Waals surface area contributed by atoms with E-state index in [-0.39, 0.29) is 30.1 Å². The molecule has 1 amide bonds. The Labute approximate surface area is 168 Å². The number of nitrogens with two attached hydrogens (primary N) is 1. The first kappa shape index (κ1) is 19.0. The summed E-state index contributed by atoms with van der Waals surface area (Å²) in [5, 5.41) is 0. The number of carbonyl (C=O) groups is 1. The molecule has 1 saturated heterocycles. The minimum absolute atomic E-state index is 0.0231. The first-order valence-electron chi connectivity index (χ1n) is 9.70. The van der Waals surface area contributed by atoms with Gasteiger partial charge in [-0.2, -0.15) is 0 Å². The third kappa shape index (κ3) is 4.08. The highest BCUT2D eigenvalue weighted by Gasteiger charge is 2.31. The SMILES string of the molecule is Nc1ncc(-c2ccccc2F)c([C@@H]2CCCCN2C(=O)Cc2ccccn2)n1. The van der Waals surface area contributed by atoms with E-state index in [4.69, 9.17) is 5.73 Å². The lowest BCUT2D eigenvalue weighted by Crippen LogP contribution is -2.40. The fourth-order valence-corrected chi connectivity index (χ4v) is 3.82. The van der Waals surface area contributed by atoms with Crippen LogP contribution in [-0.2, 0) is 11.2 Å². The van der Waals surface area contributed by atoms with Crippen LogP contribution in [0.1, 0.15) is 36.7 Å². The van der Waals surface area contributed by atoms with Crippen LogP contribution in [0.4, 0.5) is 10.3 Å². The van der Waals surface area contributed by atoms with Gasteiger partial charge in [0.25, 0.3) is 0 Å². The molecule has 6 nitrogen and oxygen atoms in total. The van der Waals surface area contributed by atoms with Crippen LogP contribution >= 0.6 is 0 Å². The van der Waals surface area contributed by atoms with Crippen LogP contribution < -0.4 is 5.73 Å². The standard InChI is InChI=1S/C22H22FN5O/c23-18-9-2-1-8-16(18)17-14-26-22(24)27-21(17)19-10-4-6-12-28(19)20(29)13-15-7-3-5-11-25-15/h1-3,5,7-9,11,14,19H,4,6,10,12-13H2,(H2,24,26,27)/t19-/m0/s1. The molecule has 4 rings (SSSR count). The number of anilines is 1. The van der Waals surface area contributed by atoms with Crippen LogP contribution in [0.5, 0.6) is 0 Å². The molecule has 1 fully saturated rings. The van der Waals surface area contributed by atoms with Gasteiger partial charge in [-0.1, -0.05) is 24.3 Å². The van der Waals surface area contributed by atoms with E-state index in [0.717, 1.165) is 25.0 Å². The van der Waals surface area contributed by atoms with Gasteiger partial charge in [-0.25, -0.2) is 14.4 Å². The molecule has 0 aliphatic carbocycles. The quantitative estimate of drug-likeness (QED) is 0.735. The number of hydrogen-bond donors (Lipinski definition) is 1. The molecule has 2 aromatic heterocycles. The number of amides is 1. The van der Waals surface area contributed by atoms with Crippen molar-refractivity contribution in [2.24, 2.45) is 0 Å². The van der Waals surface area contributed by atoms with Crippen molar-refractivity contribution in [3.05, 3.63) is 72.1 Å². The van der Waals surface area contributed by atoms with Gasteiger partial charge in [-0.15, -0.1) is 0 Å². The molecule has 1 aromatic carbocycles. The summed E-state index contributed by atoms with van der Waals surface area (Å²) in [6.45, 7) is 0.622. The lowest BCUT2D eigenvalue weighted by Gasteiger charge is -2.36. The number of benzene rings is 1. The van der Waals surface area contributed by atoms with Gasteiger partial charge in [0.05, 0.1) is 18.2 Å². The van der Waals surface area contributed by atoms with Crippen LogP contribution in [0, 0.1) is 5.82 Å². The van der Waals surface area contributed by atoms with E-state index >= 15 is 0 Å². The molecule has 148 valence electrons. The Hall–Kier alpha value is -3.35. The second-order valence-electron chi connectivity index (χ2n) is 7.10. The van der Waals surface area contributed by atoms with Gasteiger partial charge < -0.3 is 10.6 Å². The Morgan fingerprint density at radius 1 is 1.10 bits per heavy atom. The van der Waals surface area contributed by atoms with E-state index in [2.05, 4.69) is 15.0 Å². The summed E-state index contributed by atoms with van der Waals surface area (Å²) in [6, 6.07) is 11.7. The third-order valence-electron chi connectivity index (χ3n) is 5.20. The van der Waals surface area contributed by atoms with Gasteiger partial charge in [-0.05, 0) is 37.5 Å². The third-order valence-corrected chi connectivity index (χ3v) is 5.20. The normalized spacial score (nSPS) is 16.6. The van der Waals surface area contributed by atoms with Gasteiger partial charge in [0.1, 0.15) is 5.82 Å². The van der Waals surface area contributed by atoms with Crippen molar-refractivity contribution in [2.75, 3.05) is 12.3 Å². The minimum atomic E-state index is -0.357. The number of nitrogens with zero attached hydrogens (tertiary/aromatic N) is 4. The first-order chi connectivity index (χ1) is 14.1. The molecule has 3 heterocycles. The predicted molar refractivity (Wildman–Crippen MR) is 108 cm³/mol. The maximum Gasteiger partial charge on any atom is 0.229 e. The van der Waals surface area contributed by atoms with E-state index in [1.165, 1.54) is 6.07 Å². The maximum atomic E-state index is 14.5. The summed E-state index contributed by atoms with van der Waals surface area (Å²) in [5.41, 5.74) is 8.16. The van der Waals surface area contributed by atoms with E-state index in [1.54, 1.807) is 30.6 Å². The first-order valence-corrected chi connectivity index (χ1v) is 9.70. The molecule has 0 radical (unpaired) electrons. The summed E-state index contributed by atoms with van der Waals surface area (Å²) in [4.78, 5) is 27.7. The number of aromatic nitrogens is 3. The van der Waals surface area contributed by atoms with Gasteiger partial charge in [0.2, 0.25) is 11.9 Å². The fraction of sp³-hybridized carbons (Fsp3) is 0.273. The van der Waals surface area contributed by atoms with Crippen molar-refractivity contribution in [1.82, 2.24) is 19.9 Å². The van der Waals surface area contributed by atoms with Crippen molar-refractivity contribution >= 4 is 11.9 Å². The van der Waals surface area contributed by atoms with E-state index in [0.29, 0.717) is 23.4 Å². The lowest BCUT2D eigenvalue weighted by molar-refractivity contribution is -0.134. The predicted octanol–water partition coefficient (Wildman–Crippen LogP) is 3.56. The van der Waals surface area contributed by atoms with E-state index in [9.17, 15) is 9.18 Å². The molecular formula is C22H22FN5O. The van der Waals surface area contributed by atoms with Crippen molar-refractivity contribution in [2.45, 2.75) is 31.7 Å². The highest BCUT2D eigenvalue weighted by Crippen LogP contribution is 2.36. The lowest BCUT2D eigenvalue weighted by atomic mass is 9.93. The fourth-order valence-electron chi connectivity index (χ4n) is 3.82. The van der Waals surface area contributed by atoms with E-state index in [1.807, 2.05) is 23.1 Å². The summed E-state index contributed by atoms with van der Waals surface area (Å²) < 4.78 is 14.5. The van der Waals surface area contributed by atoms with Gasteiger partial charge in [-0.3, -0.25) is 9.78 Å². The number of rotatable bonds is 4. The Morgan fingerprint density at radius 2 is 1.93 bits per heavy atom. The Morgan fingerprint density at radius 3 is 2.72 bits per heavy atom. The van der Waals surface area contributed by atoms with Crippen LogP contribution in [0.15, 0.2) is 54.9 Å². The second-order valence-corrected chi connectivity index (χ2v) is 7.10. The number of hydrogen-bond acceptors (Lipinski definition) is 5. The number of likely N-dealkylation sites (tertiary alicyclic amines) is 1. The van der Waals surface area contributed by atoms with Crippen LogP contribution in [0.25, 0.3) is 11.1 Å². The summed E-state index contributed by atoms with van der Waals surface area (Å²) in [5.74, 6) is -0.267. The number of pyridine rings is 1. The van der Waals surface area contributed by atoms with Crippen LogP contribution in [0.3, 0.4) is 0 Å². The van der Waals surface area contributed by atoms with Crippen molar-refractivity contribution in [1.29, 1.82) is 0 Å². The molecule has 0 saturated carbocycles. The van der Waals surface area contributed by atoms with Gasteiger partial charge >= 0.3 is 0 Å². The smallest absolute Gasteiger partial charge is 0.229 e. The largest absolute Gasteiger partial charge is 0.368 e. The van der Waals surface area contributed by atoms with Gasteiger partial charge in [0.15, 0.2) is 0 Å². The molecule has 1 aliphatic rings. The Balaban J connectivity index is 1.71. The Kier molecular flexibility index (Phi) is 5.46. The number of halogens is 1. The molecule has 1 aliphatic heterocycles. The average Bonchev–Trinajstić information content (AvgIpc) is 2.75.